The van der Waals surface area contributed by atoms with Gasteiger partial charge in [0.1, 0.15) is 6.54 Å². The third-order valence-electron chi connectivity index (χ3n) is 5.81. The smallest absolute Gasteiger partial charge is 0.329 e. The van der Waals surface area contributed by atoms with Gasteiger partial charge in [0.25, 0.3) is 0 Å². The molecular weight excluding hydrogens is 408 g/mol. The molecule has 1 aromatic heterocycles. The summed E-state index contributed by atoms with van der Waals surface area (Å²) in [5.41, 5.74) is 0.790. The molecule has 0 radical (unpaired) electrons. The van der Waals surface area contributed by atoms with Gasteiger partial charge in [-0.05, 0) is 44.9 Å². The number of ether oxygens (including phenoxy) is 1. The second-order valence-electron chi connectivity index (χ2n) is 8.09. The maximum absolute atomic E-state index is 13.1. The lowest BCUT2D eigenvalue weighted by Crippen LogP contribution is -2.43. The zero-order valence-corrected chi connectivity index (χ0v) is 18.2. The number of nitrogens with zero attached hydrogens (tertiary/aromatic N) is 4. The van der Waals surface area contributed by atoms with Crippen molar-refractivity contribution in [1.29, 1.82) is 0 Å². The summed E-state index contributed by atoms with van der Waals surface area (Å²) >= 11 is 0. The van der Waals surface area contributed by atoms with Crippen LogP contribution in [0.4, 0.5) is 0 Å². The fraction of sp³-hybridized carbons (Fsp3) is 0.600. The number of morpholine rings is 1. The molecule has 9 nitrogen and oxygen atoms in total. The number of sulfonamides is 1. The molecule has 0 spiro atoms. The Bertz CT molecular complexity index is 1110. The first-order valence-corrected chi connectivity index (χ1v) is 11.8. The van der Waals surface area contributed by atoms with Crippen molar-refractivity contribution in [3.8, 4) is 0 Å². The lowest BCUT2D eigenvalue weighted by Gasteiger charge is -2.26. The summed E-state index contributed by atoms with van der Waals surface area (Å²) in [4.78, 5) is 27.8. The molecule has 0 bridgehead atoms. The number of carbonyl (C=O) groups excluding carboxylic acids is 1. The van der Waals surface area contributed by atoms with E-state index in [0.29, 0.717) is 50.4 Å². The highest BCUT2D eigenvalue weighted by Gasteiger charge is 2.29. The molecule has 2 fully saturated rings. The minimum absolute atomic E-state index is 0.123. The van der Waals surface area contributed by atoms with Crippen molar-refractivity contribution in [2.75, 3.05) is 39.4 Å². The molecule has 0 atom stereocenters. The zero-order chi connectivity index (χ0) is 21.5. The van der Waals surface area contributed by atoms with Crippen molar-refractivity contribution in [3.63, 3.8) is 0 Å². The maximum atomic E-state index is 13.1. The molecule has 30 heavy (non-hydrogen) atoms. The number of benzene rings is 1. The van der Waals surface area contributed by atoms with Crippen molar-refractivity contribution >= 4 is 27.0 Å². The first-order valence-electron chi connectivity index (χ1n) is 10.4. The lowest BCUT2D eigenvalue weighted by atomic mass is 10.3. The van der Waals surface area contributed by atoms with Crippen LogP contribution in [0.1, 0.15) is 32.7 Å². The largest absolute Gasteiger partial charge is 0.378 e. The molecule has 0 N–H and O–H groups in total. The van der Waals surface area contributed by atoms with E-state index < -0.39 is 10.0 Å². The molecule has 0 saturated carbocycles. The molecule has 3 heterocycles. The van der Waals surface area contributed by atoms with E-state index in [0.717, 1.165) is 12.8 Å². The van der Waals surface area contributed by atoms with Gasteiger partial charge >= 0.3 is 5.69 Å². The topological polar surface area (TPSA) is 93.8 Å². The van der Waals surface area contributed by atoms with E-state index in [2.05, 4.69) is 0 Å². The van der Waals surface area contributed by atoms with Gasteiger partial charge in [-0.15, -0.1) is 0 Å². The second-order valence-corrected chi connectivity index (χ2v) is 10.0. The number of imidazole rings is 1. The Kier molecular flexibility index (Phi) is 5.73. The Labute approximate surface area is 175 Å². The van der Waals surface area contributed by atoms with Crippen LogP contribution in [0.25, 0.3) is 11.0 Å². The summed E-state index contributed by atoms with van der Waals surface area (Å²) < 4.78 is 35.8. The highest BCUT2D eigenvalue weighted by atomic mass is 32.2. The van der Waals surface area contributed by atoms with E-state index >= 15 is 0 Å². The van der Waals surface area contributed by atoms with Gasteiger partial charge in [0.15, 0.2) is 0 Å². The normalized spacial score (nSPS) is 18.6. The molecule has 0 unspecified atom stereocenters. The molecule has 4 rings (SSSR count). The summed E-state index contributed by atoms with van der Waals surface area (Å²) in [5, 5.41) is 0. The Morgan fingerprint density at radius 2 is 1.73 bits per heavy atom. The van der Waals surface area contributed by atoms with Crippen LogP contribution in [0.2, 0.25) is 0 Å². The second kappa shape index (κ2) is 8.16. The fourth-order valence-electron chi connectivity index (χ4n) is 4.20. The molecule has 1 amide bonds. The van der Waals surface area contributed by atoms with Crippen LogP contribution in [0.5, 0.6) is 0 Å². The molecule has 164 valence electrons. The summed E-state index contributed by atoms with van der Waals surface area (Å²) in [6.07, 6.45) is 1.70. The predicted octanol–water partition coefficient (Wildman–Crippen LogP) is 1.03. The number of hydrogen-bond acceptors (Lipinski definition) is 5. The van der Waals surface area contributed by atoms with E-state index in [4.69, 9.17) is 4.74 Å². The Morgan fingerprint density at radius 1 is 1.07 bits per heavy atom. The quantitative estimate of drug-likeness (QED) is 0.698. The standard InChI is InChI=1S/C20H28N4O5S/c1-15(2)24-17-6-5-16(30(27,28)22-7-3-4-8-22)13-18(17)23(20(24)26)14-19(25)21-9-11-29-12-10-21/h5-6,13,15H,3-4,7-12,14H2,1-2H3. The van der Waals surface area contributed by atoms with Crippen molar-refractivity contribution in [2.24, 2.45) is 0 Å². The van der Waals surface area contributed by atoms with Crippen LogP contribution in [-0.2, 0) is 26.1 Å². The van der Waals surface area contributed by atoms with Crippen LogP contribution in [0.15, 0.2) is 27.9 Å². The number of fused-ring (bicyclic) bond motifs is 1. The lowest BCUT2D eigenvalue weighted by molar-refractivity contribution is -0.135. The summed E-state index contributed by atoms with van der Waals surface area (Å²) in [6.45, 7) is 6.62. The van der Waals surface area contributed by atoms with Crippen LogP contribution >= 0.6 is 0 Å². The average molecular weight is 437 g/mol. The summed E-state index contributed by atoms with van der Waals surface area (Å²) in [6, 6.07) is 4.65. The number of rotatable bonds is 5. The fourth-order valence-corrected chi connectivity index (χ4v) is 5.73. The first kappa shape index (κ1) is 21.1. The molecule has 2 aromatic rings. The van der Waals surface area contributed by atoms with Gasteiger partial charge in [-0.1, -0.05) is 0 Å². The SMILES string of the molecule is CC(C)n1c(=O)n(CC(=O)N2CCOCC2)c2cc(S(=O)(=O)N3CCCC3)ccc21. The van der Waals surface area contributed by atoms with Gasteiger partial charge in [-0.3, -0.25) is 13.9 Å². The maximum Gasteiger partial charge on any atom is 0.329 e. The van der Waals surface area contributed by atoms with E-state index in [-0.39, 0.29) is 29.1 Å². The molecular formula is C20H28N4O5S. The number of aromatic nitrogens is 2. The van der Waals surface area contributed by atoms with E-state index in [1.54, 1.807) is 21.6 Å². The third kappa shape index (κ3) is 3.67. The van der Waals surface area contributed by atoms with Gasteiger partial charge in [-0.2, -0.15) is 4.31 Å². The minimum atomic E-state index is -3.62. The van der Waals surface area contributed by atoms with Crippen LogP contribution in [0.3, 0.4) is 0 Å². The highest BCUT2D eigenvalue weighted by Crippen LogP contribution is 2.25. The van der Waals surface area contributed by atoms with Crippen LogP contribution in [-0.4, -0.2) is 72.1 Å². The molecule has 0 aliphatic carbocycles. The third-order valence-corrected chi connectivity index (χ3v) is 7.71. The Morgan fingerprint density at radius 3 is 2.37 bits per heavy atom. The number of carbonyl (C=O) groups is 1. The van der Waals surface area contributed by atoms with Gasteiger partial charge in [0.2, 0.25) is 15.9 Å². The molecule has 2 saturated heterocycles. The van der Waals surface area contributed by atoms with Crippen LogP contribution < -0.4 is 5.69 Å². The highest BCUT2D eigenvalue weighted by molar-refractivity contribution is 7.89. The number of amides is 1. The predicted molar refractivity (Wildman–Crippen MR) is 112 cm³/mol. The summed E-state index contributed by atoms with van der Waals surface area (Å²) in [7, 11) is -3.62. The molecule has 2 aliphatic heterocycles. The van der Waals surface area contributed by atoms with Crippen molar-refractivity contribution in [1.82, 2.24) is 18.3 Å². The summed E-state index contributed by atoms with van der Waals surface area (Å²) in [5.74, 6) is -0.170. The first-order chi connectivity index (χ1) is 14.3. The van der Waals surface area contributed by atoms with Crippen molar-refractivity contribution < 1.29 is 17.9 Å². The molecule has 2 aliphatic rings. The van der Waals surface area contributed by atoms with Gasteiger partial charge in [0.05, 0.1) is 29.1 Å². The van der Waals surface area contributed by atoms with E-state index in [1.165, 1.54) is 14.9 Å². The van der Waals surface area contributed by atoms with Crippen molar-refractivity contribution in [2.45, 2.75) is 44.2 Å². The number of hydrogen-bond donors (Lipinski definition) is 0. The Hall–Kier alpha value is -2.17. The minimum Gasteiger partial charge on any atom is -0.378 e. The van der Waals surface area contributed by atoms with Gasteiger partial charge in [0, 0.05) is 32.2 Å². The zero-order valence-electron chi connectivity index (χ0n) is 17.4. The monoisotopic (exact) mass is 436 g/mol. The van der Waals surface area contributed by atoms with E-state index in [1.807, 2.05) is 13.8 Å². The van der Waals surface area contributed by atoms with Crippen molar-refractivity contribution in [3.05, 3.63) is 28.7 Å². The van der Waals surface area contributed by atoms with Gasteiger partial charge in [-0.25, -0.2) is 13.2 Å². The Balaban J connectivity index is 1.78. The molecule has 1 aromatic carbocycles. The molecule has 10 heteroatoms. The van der Waals surface area contributed by atoms with Crippen LogP contribution in [0, 0.1) is 0 Å². The average Bonchev–Trinajstić information content (AvgIpc) is 3.36. The van der Waals surface area contributed by atoms with E-state index in [9.17, 15) is 18.0 Å². The van der Waals surface area contributed by atoms with Gasteiger partial charge < -0.3 is 9.64 Å².